The van der Waals surface area contributed by atoms with Crippen LogP contribution < -0.4 is 0 Å². The van der Waals surface area contributed by atoms with E-state index in [2.05, 4.69) is 0 Å². The van der Waals surface area contributed by atoms with Gasteiger partial charge in [-0.3, -0.25) is 4.55 Å². The quantitative estimate of drug-likeness (QED) is 0.499. The zero-order valence-electron chi connectivity index (χ0n) is 9.80. The Morgan fingerprint density at radius 1 is 1.33 bits per heavy atom. The zero-order chi connectivity index (χ0) is 13.2. The van der Waals surface area contributed by atoms with Gasteiger partial charge in [0, 0.05) is 0 Å². The van der Waals surface area contributed by atoms with Crippen molar-refractivity contribution in [3.8, 4) is 0 Å². The third-order valence-corrected chi connectivity index (χ3v) is 3.80. The Labute approximate surface area is 107 Å². The molecular formula is C12H13BO4S. The van der Waals surface area contributed by atoms with E-state index in [4.69, 9.17) is 4.55 Å². The van der Waals surface area contributed by atoms with Crippen LogP contribution in [-0.2, 0) is 14.9 Å². The van der Waals surface area contributed by atoms with Gasteiger partial charge in [0.25, 0.3) is 10.1 Å². The molecule has 94 valence electrons. The Morgan fingerprint density at radius 2 is 2.11 bits per heavy atom. The molecule has 0 spiro atoms. The van der Waals surface area contributed by atoms with Crippen LogP contribution in [0.5, 0.6) is 0 Å². The van der Waals surface area contributed by atoms with Gasteiger partial charge in [0.15, 0.2) is 0 Å². The molecule has 0 aromatic heterocycles. The van der Waals surface area contributed by atoms with Gasteiger partial charge < -0.3 is 4.79 Å². The number of hydrogen-bond donors (Lipinski definition) is 1. The highest BCUT2D eigenvalue weighted by atomic mass is 32.2. The molecule has 0 atom stereocenters. The number of rotatable bonds is 2. The van der Waals surface area contributed by atoms with Crippen molar-refractivity contribution in [2.24, 2.45) is 0 Å². The number of carbonyl (C=O) groups is 1. The summed E-state index contributed by atoms with van der Waals surface area (Å²) < 4.78 is 31.0. The SMILES string of the molecule is O=C1BCCCC1=Cc1cccc(S(=O)(=O)O)c1. The van der Waals surface area contributed by atoms with Crippen molar-refractivity contribution >= 4 is 29.2 Å². The van der Waals surface area contributed by atoms with Gasteiger partial charge in [-0.05, 0) is 35.8 Å². The molecular weight excluding hydrogens is 251 g/mol. The minimum absolute atomic E-state index is 0.124. The predicted octanol–water partition coefficient (Wildman–Crippen LogP) is 1.49. The maximum atomic E-state index is 11.6. The Hall–Kier alpha value is -1.40. The molecule has 4 nitrogen and oxygen atoms in total. The first-order valence-corrected chi connectivity index (χ1v) is 7.22. The zero-order valence-corrected chi connectivity index (χ0v) is 10.6. The lowest BCUT2D eigenvalue weighted by Gasteiger charge is -2.11. The second kappa shape index (κ2) is 5.08. The molecule has 0 amide bonds. The molecule has 1 aliphatic heterocycles. The normalized spacial score (nSPS) is 18.7. The average molecular weight is 264 g/mol. The van der Waals surface area contributed by atoms with E-state index in [9.17, 15) is 13.2 Å². The first-order chi connectivity index (χ1) is 8.47. The summed E-state index contributed by atoms with van der Waals surface area (Å²) in [5, 5.41) is 0. The molecule has 6 heteroatoms. The van der Waals surface area contributed by atoms with E-state index in [1.165, 1.54) is 12.1 Å². The lowest BCUT2D eigenvalue weighted by atomic mass is 9.61. The summed E-state index contributed by atoms with van der Waals surface area (Å²) in [6.45, 7) is 0. The number of benzene rings is 1. The number of hydrogen-bond acceptors (Lipinski definition) is 3. The van der Waals surface area contributed by atoms with Crippen LogP contribution in [0.2, 0.25) is 6.32 Å². The average Bonchev–Trinajstić information content (AvgIpc) is 2.31. The Morgan fingerprint density at radius 3 is 2.78 bits per heavy atom. The summed E-state index contributed by atoms with van der Waals surface area (Å²) in [6.07, 6.45) is 4.34. The Bertz CT molecular complexity index is 604. The van der Waals surface area contributed by atoms with Gasteiger partial charge in [0.2, 0.25) is 7.28 Å². The molecule has 1 saturated heterocycles. The van der Waals surface area contributed by atoms with E-state index >= 15 is 0 Å². The van der Waals surface area contributed by atoms with Crippen LogP contribution in [0, 0.1) is 0 Å². The smallest absolute Gasteiger partial charge is 0.294 e. The third kappa shape index (κ3) is 3.08. The molecule has 1 aliphatic rings. The topological polar surface area (TPSA) is 71.4 Å². The van der Waals surface area contributed by atoms with Gasteiger partial charge in [-0.1, -0.05) is 24.9 Å². The van der Waals surface area contributed by atoms with Crippen molar-refractivity contribution < 1.29 is 17.8 Å². The van der Waals surface area contributed by atoms with Crippen molar-refractivity contribution in [1.29, 1.82) is 0 Å². The summed E-state index contributed by atoms with van der Waals surface area (Å²) in [5.41, 5.74) is 1.47. The van der Waals surface area contributed by atoms with Crippen LogP contribution in [-0.4, -0.2) is 25.9 Å². The molecule has 18 heavy (non-hydrogen) atoms. The summed E-state index contributed by atoms with van der Waals surface area (Å²) in [7, 11) is -3.63. The van der Waals surface area contributed by atoms with Crippen LogP contribution in [0.4, 0.5) is 0 Å². The highest BCUT2D eigenvalue weighted by Crippen LogP contribution is 2.20. The van der Waals surface area contributed by atoms with Crippen LogP contribution >= 0.6 is 0 Å². The fourth-order valence-corrected chi connectivity index (χ4v) is 2.56. The molecule has 0 radical (unpaired) electrons. The monoisotopic (exact) mass is 264 g/mol. The fourth-order valence-electron chi connectivity index (χ4n) is 2.02. The lowest BCUT2D eigenvalue weighted by molar-refractivity contribution is -0.109. The van der Waals surface area contributed by atoms with Crippen LogP contribution in [0.1, 0.15) is 18.4 Å². The first kappa shape index (κ1) is 13.0. The molecule has 2 rings (SSSR count). The van der Waals surface area contributed by atoms with Gasteiger partial charge in [-0.25, -0.2) is 0 Å². The number of allylic oxidation sites excluding steroid dienone is 1. The van der Waals surface area contributed by atoms with Gasteiger partial charge in [-0.2, -0.15) is 8.42 Å². The standard InChI is InChI=1S/C12H13BO4S/c14-12-10(4-2-6-13-12)7-9-3-1-5-11(8-9)18(15,16)17/h1,3,5,7-8,13H,2,4,6H2,(H,15,16,17). The Balaban J connectivity index is 2.35. The lowest BCUT2D eigenvalue weighted by Crippen LogP contribution is -2.16. The van der Waals surface area contributed by atoms with E-state index in [1.807, 2.05) is 0 Å². The third-order valence-electron chi connectivity index (χ3n) is 2.95. The van der Waals surface area contributed by atoms with Crippen molar-refractivity contribution in [2.75, 3.05) is 0 Å². The van der Waals surface area contributed by atoms with Gasteiger partial charge in [0.05, 0.1) is 4.90 Å². The van der Waals surface area contributed by atoms with Gasteiger partial charge >= 0.3 is 0 Å². The van der Waals surface area contributed by atoms with Crippen LogP contribution in [0.3, 0.4) is 0 Å². The molecule has 1 fully saturated rings. The molecule has 1 aromatic carbocycles. The van der Waals surface area contributed by atoms with Crippen LogP contribution in [0.15, 0.2) is 34.7 Å². The minimum atomic E-state index is -4.19. The van der Waals surface area contributed by atoms with E-state index in [0.29, 0.717) is 12.8 Å². The van der Waals surface area contributed by atoms with Crippen molar-refractivity contribution in [3.63, 3.8) is 0 Å². The van der Waals surface area contributed by atoms with Crippen molar-refractivity contribution in [1.82, 2.24) is 0 Å². The molecule has 0 saturated carbocycles. The molecule has 0 unspecified atom stereocenters. The highest BCUT2D eigenvalue weighted by molar-refractivity contribution is 7.85. The van der Waals surface area contributed by atoms with Crippen molar-refractivity contribution in [3.05, 3.63) is 35.4 Å². The molecule has 0 bridgehead atoms. The maximum absolute atomic E-state index is 11.6. The first-order valence-electron chi connectivity index (χ1n) is 5.78. The summed E-state index contributed by atoms with van der Waals surface area (Å²) >= 11 is 0. The molecule has 1 heterocycles. The fraction of sp³-hybridized carbons (Fsp3) is 0.250. The molecule has 1 N–H and O–H groups in total. The van der Waals surface area contributed by atoms with E-state index in [0.717, 1.165) is 24.7 Å². The van der Waals surface area contributed by atoms with E-state index in [1.54, 1.807) is 18.2 Å². The Kier molecular flexibility index (Phi) is 3.68. The molecule has 0 aliphatic carbocycles. The molecule has 1 aromatic rings. The van der Waals surface area contributed by atoms with E-state index in [-0.39, 0.29) is 10.6 Å². The largest absolute Gasteiger partial charge is 0.307 e. The maximum Gasteiger partial charge on any atom is 0.294 e. The summed E-state index contributed by atoms with van der Waals surface area (Å²) in [5.74, 6) is 0. The summed E-state index contributed by atoms with van der Waals surface area (Å²) in [6, 6.07) is 5.94. The highest BCUT2D eigenvalue weighted by Gasteiger charge is 2.16. The summed E-state index contributed by atoms with van der Waals surface area (Å²) in [4.78, 5) is 11.5. The predicted molar refractivity (Wildman–Crippen MR) is 70.4 cm³/mol. The van der Waals surface area contributed by atoms with E-state index < -0.39 is 10.1 Å². The van der Waals surface area contributed by atoms with Crippen LogP contribution in [0.25, 0.3) is 6.08 Å². The second-order valence-electron chi connectivity index (χ2n) is 4.35. The van der Waals surface area contributed by atoms with Crippen molar-refractivity contribution in [2.45, 2.75) is 24.1 Å². The minimum Gasteiger partial charge on any atom is -0.307 e. The van der Waals surface area contributed by atoms with Gasteiger partial charge in [-0.15, -0.1) is 0 Å². The second-order valence-corrected chi connectivity index (χ2v) is 5.77. The van der Waals surface area contributed by atoms with Gasteiger partial charge in [0.1, 0.15) is 5.68 Å². The number of carbonyl (C=O) groups excluding carboxylic acids is 1.